The van der Waals surface area contributed by atoms with Crippen LogP contribution < -0.4 is 0 Å². The van der Waals surface area contributed by atoms with Crippen LogP contribution in [0.5, 0.6) is 5.75 Å². The topological polar surface area (TPSA) is 38.1 Å². The van der Waals surface area contributed by atoms with E-state index in [1.165, 1.54) is 5.56 Å². The first kappa shape index (κ1) is 15.6. The van der Waals surface area contributed by atoms with E-state index in [0.717, 1.165) is 55.6 Å². The molecule has 1 aromatic heterocycles. The van der Waals surface area contributed by atoms with Crippen molar-refractivity contribution in [1.82, 2.24) is 9.78 Å². The maximum absolute atomic E-state index is 10.6. The minimum Gasteiger partial charge on any atom is -0.504 e. The van der Waals surface area contributed by atoms with Gasteiger partial charge in [0.15, 0.2) is 5.75 Å². The van der Waals surface area contributed by atoms with E-state index in [1.54, 1.807) is 0 Å². The minimum atomic E-state index is 0.364. The molecule has 21 heavy (non-hydrogen) atoms. The summed E-state index contributed by atoms with van der Waals surface area (Å²) >= 11 is 0. The van der Waals surface area contributed by atoms with Gasteiger partial charge in [0, 0.05) is 12.1 Å². The van der Waals surface area contributed by atoms with Crippen molar-refractivity contribution in [2.24, 2.45) is 0 Å². The van der Waals surface area contributed by atoms with E-state index in [4.69, 9.17) is 0 Å². The predicted molar refractivity (Wildman–Crippen MR) is 87.6 cm³/mol. The Kier molecular flexibility index (Phi) is 5.43. The van der Waals surface area contributed by atoms with Crippen LogP contribution >= 0.6 is 0 Å². The predicted octanol–water partition coefficient (Wildman–Crippen LogP) is 4.71. The van der Waals surface area contributed by atoms with Gasteiger partial charge in [-0.25, -0.2) is 0 Å². The third-order valence-electron chi connectivity index (χ3n) is 3.85. The number of unbranched alkanes of at least 4 members (excludes halogenated alkanes) is 2. The van der Waals surface area contributed by atoms with Crippen molar-refractivity contribution in [2.75, 3.05) is 0 Å². The molecule has 0 aliphatic heterocycles. The third kappa shape index (κ3) is 3.66. The van der Waals surface area contributed by atoms with Crippen LogP contribution in [-0.4, -0.2) is 14.9 Å². The molecule has 0 fully saturated rings. The minimum absolute atomic E-state index is 0.364. The highest BCUT2D eigenvalue weighted by Gasteiger charge is 2.17. The highest BCUT2D eigenvalue weighted by atomic mass is 16.3. The van der Waals surface area contributed by atoms with Gasteiger partial charge in [-0.05, 0) is 26.2 Å². The number of aromatic nitrogens is 2. The monoisotopic (exact) mass is 286 g/mol. The zero-order valence-corrected chi connectivity index (χ0v) is 13.4. The van der Waals surface area contributed by atoms with Crippen molar-refractivity contribution in [3.63, 3.8) is 0 Å². The fraction of sp³-hybridized carbons (Fsp3) is 0.500. The Labute approximate surface area is 127 Å². The van der Waals surface area contributed by atoms with Crippen molar-refractivity contribution in [1.29, 1.82) is 0 Å². The second-order valence-electron chi connectivity index (χ2n) is 5.69. The van der Waals surface area contributed by atoms with Gasteiger partial charge in [-0.15, -0.1) is 0 Å². The van der Waals surface area contributed by atoms with E-state index in [9.17, 15) is 5.11 Å². The van der Waals surface area contributed by atoms with E-state index in [0.29, 0.717) is 5.75 Å². The zero-order chi connectivity index (χ0) is 15.2. The number of nitrogens with zero attached hydrogens (tertiary/aromatic N) is 2. The molecule has 0 atom stereocenters. The van der Waals surface area contributed by atoms with Gasteiger partial charge in [0.25, 0.3) is 0 Å². The lowest BCUT2D eigenvalue weighted by atomic mass is 10.1. The van der Waals surface area contributed by atoms with E-state index >= 15 is 0 Å². The molecular weight excluding hydrogens is 260 g/mol. The van der Waals surface area contributed by atoms with E-state index in [2.05, 4.69) is 38.0 Å². The van der Waals surface area contributed by atoms with Gasteiger partial charge in [0.2, 0.25) is 0 Å². The fourth-order valence-electron chi connectivity index (χ4n) is 2.48. The summed E-state index contributed by atoms with van der Waals surface area (Å²) in [5, 5.41) is 15.2. The molecule has 1 aromatic carbocycles. The second kappa shape index (κ2) is 7.30. The van der Waals surface area contributed by atoms with Crippen LogP contribution in [0, 0.1) is 6.92 Å². The Balaban J connectivity index is 2.36. The van der Waals surface area contributed by atoms with Gasteiger partial charge in [-0.2, -0.15) is 5.10 Å². The number of hydrogen-bond donors (Lipinski definition) is 1. The maximum atomic E-state index is 10.6. The molecular formula is C18H26N2O. The van der Waals surface area contributed by atoms with Crippen molar-refractivity contribution in [3.8, 4) is 17.0 Å². The van der Waals surface area contributed by atoms with Crippen molar-refractivity contribution < 1.29 is 5.11 Å². The molecule has 0 saturated heterocycles. The smallest absolute Gasteiger partial charge is 0.164 e. The van der Waals surface area contributed by atoms with Crippen LogP contribution in [0.4, 0.5) is 0 Å². The second-order valence-corrected chi connectivity index (χ2v) is 5.69. The third-order valence-corrected chi connectivity index (χ3v) is 3.85. The lowest BCUT2D eigenvalue weighted by Crippen LogP contribution is -2.05. The first-order valence-electron chi connectivity index (χ1n) is 8.03. The van der Waals surface area contributed by atoms with E-state index in [1.807, 2.05) is 16.8 Å². The van der Waals surface area contributed by atoms with Crippen LogP contribution in [0.3, 0.4) is 0 Å². The molecule has 0 unspecified atom stereocenters. The Morgan fingerprint density at radius 3 is 2.33 bits per heavy atom. The molecule has 1 N–H and O–H groups in total. The number of rotatable bonds is 7. The van der Waals surface area contributed by atoms with Gasteiger partial charge in [0.1, 0.15) is 5.69 Å². The Hall–Kier alpha value is -1.77. The average molecular weight is 286 g/mol. The summed E-state index contributed by atoms with van der Waals surface area (Å²) in [6, 6.07) is 8.19. The van der Waals surface area contributed by atoms with Gasteiger partial charge in [-0.3, -0.25) is 4.68 Å². The van der Waals surface area contributed by atoms with Gasteiger partial charge >= 0.3 is 0 Å². The molecule has 0 aliphatic rings. The van der Waals surface area contributed by atoms with Crippen LogP contribution in [0.1, 0.15) is 50.8 Å². The van der Waals surface area contributed by atoms with Crippen LogP contribution in [0.25, 0.3) is 11.3 Å². The lowest BCUT2D eigenvalue weighted by molar-refractivity contribution is 0.459. The lowest BCUT2D eigenvalue weighted by Gasteiger charge is -2.06. The Morgan fingerprint density at radius 1 is 1.05 bits per heavy atom. The van der Waals surface area contributed by atoms with Crippen molar-refractivity contribution >= 4 is 0 Å². The van der Waals surface area contributed by atoms with Crippen molar-refractivity contribution in [2.45, 2.75) is 59.4 Å². The van der Waals surface area contributed by atoms with Crippen LogP contribution in [0.2, 0.25) is 0 Å². The first-order chi connectivity index (χ1) is 10.2. The molecule has 3 nitrogen and oxygen atoms in total. The molecule has 2 aromatic rings. The normalized spacial score (nSPS) is 11.0. The summed E-state index contributed by atoms with van der Waals surface area (Å²) in [7, 11) is 0. The summed E-state index contributed by atoms with van der Waals surface area (Å²) in [6.07, 6.45) is 5.32. The molecule has 114 valence electrons. The summed E-state index contributed by atoms with van der Waals surface area (Å²) in [5.74, 6) is 0.364. The van der Waals surface area contributed by atoms with Gasteiger partial charge < -0.3 is 5.11 Å². The summed E-state index contributed by atoms with van der Waals surface area (Å²) in [4.78, 5) is 0. The number of aryl methyl sites for hydroxylation is 2. The number of benzene rings is 1. The maximum Gasteiger partial charge on any atom is 0.164 e. The zero-order valence-electron chi connectivity index (χ0n) is 13.4. The summed E-state index contributed by atoms with van der Waals surface area (Å²) < 4.78 is 2.00. The molecule has 0 spiro atoms. The van der Waals surface area contributed by atoms with E-state index < -0.39 is 0 Å². The molecule has 1 heterocycles. The number of hydrogen-bond acceptors (Lipinski definition) is 2. The SMILES string of the molecule is CCCCc1c(O)c(-c2ccc(C)cc2)nn1CCCC. The standard InChI is InChI=1S/C18H26N2O/c1-4-6-8-16-18(21)17(19-20(16)13-7-5-2)15-11-9-14(3)10-12-15/h9-12,21H,4-8,13H2,1-3H3. The van der Waals surface area contributed by atoms with Crippen molar-refractivity contribution in [3.05, 3.63) is 35.5 Å². The summed E-state index contributed by atoms with van der Waals surface area (Å²) in [6.45, 7) is 7.30. The quantitative estimate of drug-likeness (QED) is 0.800. The molecule has 0 radical (unpaired) electrons. The number of aromatic hydroxyl groups is 1. The van der Waals surface area contributed by atoms with Gasteiger partial charge in [0.05, 0.1) is 5.69 Å². The molecule has 0 saturated carbocycles. The fourth-order valence-corrected chi connectivity index (χ4v) is 2.48. The summed E-state index contributed by atoms with van der Waals surface area (Å²) in [5.41, 5.74) is 3.92. The van der Waals surface area contributed by atoms with Crippen LogP contribution in [0.15, 0.2) is 24.3 Å². The highest BCUT2D eigenvalue weighted by Crippen LogP contribution is 2.32. The first-order valence-corrected chi connectivity index (χ1v) is 8.03. The average Bonchev–Trinajstić information content (AvgIpc) is 2.80. The molecule has 2 rings (SSSR count). The molecule has 0 bridgehead atoms. The molecule has 0 amide bonds. The van der Waals surface area contributed by atoms with Gasteiger partial charge in [-0.1, -0.05) is 56.5 Å². The Morgan fingerprint density at radius 2 is 1.71 bits per heavy atom. The Bertz CT molecular complexity index is 570. The highest BCUT2D eigenvalue weighted by molar-refractivity contribution is 5.67. The van der Waals surface area contributed by atoms with Crippen LogP contribution in [-0.2, 0) is 13.0 Å². The molecule has 0 aliphatic carbocycles. The largest absolute Gasteiger partial charge is 0.504 e. The molecule has 3 heteroatoms. The van der Waals surface area contributed by atoms with E-state index in [-0.39, 0.29) is 0 Å².